The van der Waals surface area contributed by atoms with E-state index in [0.29, 0.717) is 30.5 Å². The zero-order chi connectivity index (χ0) is 20.5. The molecule has 0 amide bonds. The highest BCUT2D eigenvalue weighted by Crippen LogP contribution is 2.37. The molecule has 1 aliphatic rings. The molecule has 1 aliphatic heterocycles. The Hall–Kier alpha value is -3.21. The van der Waals surface area contributed by atoms with Crippen LogP contribution in [0, 0.1) is 11.6 Å². The lowest BCUT2D eigenvalue weighted by Crippen LogP contribution is -2.25. The molecule has 3 heterocycles. The van der Waals surface area contributed by atoms with Gasteiger partial charge in [-0.3, -0.25) is 4.79 Å². The average molecular weight is 401 g/mol. The van der Waals surface area contributed by atoms with Crippen molar-refractivity contribution in [2.45, 2.75) is 19.4 Å². The number of rotatable bonds is 6. The normalized spacial score (nSPS) is 12.8. The van der Waals surface area contributed by atoms with Gasteiger partial charge in [-0.15, -0.1) is 5.10 Å². The molecule has 29 heavy (non-hydrogen) atoms. The van der Waals surface area contributed by atoms with E-state index in [0.717, 1.165) is 0 Å². The van der Waals surface area contributed by atoms with Gasteiger partial charge in [0, 0.05) is 18.8 Å². The lowest BCUT2D eigenvalue weighted by molar-refractivity contribution is 0.309. The number of aliphatic hydroxyl groups excluding tert-OH is 1. The molecule has 0 aliphatic carbocycles. The number of halogens is 2. The molecule has 0 radical (unpaired) electrons. The highest BCUT2D eigenvalue weighted by atomic mass is 19.1. The second-order valence-corrected chi connectivity index (χ2v) is 6.74. The van der Waals surface area contributed by atoms with Gasteiger partial charge in [-0.1, -0.05) is 16.6 Å². The van der Waals surface area contributed by atoms with Gasteiger partial charge in [0.1, 0.15) is 13.7 Å². The van der Waals surface area contributed by atoms with Crippen molar-refractivity contribution in [3.8, 4) is 11.5 Å². The summed E-state index contributed by atoms with van der Waals surface area (Å²) < 4.78 is 36.3. The first kappa shape index (κ1) is 19.1. The SMILES string of the molecule is Bc1ccc(Nc2c(-c3nnc(NCCO)o3)c3n(c(=O)c2F)CCC3)c(F)c1. The molecule has 8 nitrogen and oxygen atoms in total. The number of hydrogen-bond donors (Lipinski definition) is 3. The van der Waals surface area contributed by atoms with Crippen LogP contribution < -0.4 is 21.7 Å². The fourth-order valence-electron chi connectivity index (χ4n) is 3.40. The zero-order valence-electron chi connectivity index (χ0n) is 15.6. The molecule has 0 fully saturated rings. The van der Waals surface area contributed by atoms with Crippen LogP contribution in [0.3, 0.4) is 0 Å². The van der Waals surface area contributed by atoms with Gasteiger partial charge < -0.3 is 24.7 Å². The van der Waals surface area contributed by atoms with E-state index in [9.17, 15) is 9.18 Å². The minimum Gasteiger partial charge on any atom is -0.403 e. The third-order valence-electron chi connectivity index (χ3n) is 4.72. The van der Waals surface area contributed by atoms with Gasteiger partial charge >= 0.3 is 6.01 Å². The molecule has 0 saturated heterocycles. The van der Waals surface area contributed by atoms with Crippen LogP contribution in [-0.4, -0.2) is 40.9 Å². The van der Waals surface area contributed by atoms with Crippen LogP contribution in [0.4, 0.5) is 26.2 Å². The maximum Gasteiger partial charge on any atom is 0.315 e. The maximum atomic E-state index is 15.1. The summed E-state index contributed by atoms with van der Waals surface area (Å²) in [5.41, 5.74) is 0.515. The molecule has 1 aromatic carbocycles. The molecule has 150 valence electrons. The predicted octanol–water partition coefficient (Wildman–Crippen LogP) is 0.529. The molecular weight excluding hydrogens is 383 g/mol. The van der Waals surface area contributed by atoms with Crippen LogP contribution >= 0.6 is 0 Å². The first-order valence-electron chi connectivity index (χ1n) is 9.16. The summed E-state index contributed by atoms with van der Waals surface area (Å²) in [6.07, 6.45) is 1.17. The topological polar surface area (TPSA) is 105 Å². The van der Waals surface area contributed by atoms with E-state index >= 15 is 4.39 Å². The van der Waals surface area contributed by atoms with Crippen molar-refractivity contribution in [3.63, 3.8) is 0 Å². The lowest BCUT2D eigenvalue weighted by Gasteiger charge is -2.16. The highest BCUT2D eigenvalue weighted by molar-refractivity contribution is 6.32. The van der Waals surface area contributed by atoms with Gasteiger partial charge in [0.15, 0.2) is 0 Å². The van der Waals surface area contributed by atoms with Crippen LogP contribution in [0.1, 0.15) is 12.1 Å². The number of nitrogens with zero attached hydrogens (tertiary/aromatic N) is 3. The Morgan fingerprint density at radius 1 is 1.31 bits per heavy atom. The van der Waals surface area contributed by atoms with E-state index in [1.54, 1.807) is 13.9 Å². The Balaban J connectivity index is 1.87. The molecule has 0 saturated carbocycles. The molecule has 11 heteroatoms. The first-order valence-corrected chi connectivity index (χ1v) is 9.16. The van der Waals surface area contributed by atoms with Gasteiger partial charge in [-0.25, -0.2) is 4.39 Å². The minimum absolute atomic E-state index is 0.00925. The molecule has 0 unspecified atom stereocenters. The summed E-state index contributed by atoms with van der Waals surface area (Å²) in [5.74, 6) is -1.63. The van der Waals surface area contributed by atoms with Gasteiger partial charge in [0.2, 0.25) is 5.82 Å². The van der Waals surface area contributed by atoms with Crippen LogP contribution in [0.15, 0.2) is 27.4 Å². The molecule has 4 rings (SSSR count). The summed E-state index contributed by atoms with van der Waals surface area (Å²) in [5, 5.41) is 22.1. The standard InChI is InChI=1S/C18H18BF2N5O3/c19-9-3-4-11(10(20)8-9)23-15-13(16-24-25-18(29-16)22-5-7-27)12-2-1-6-26(12)17(28)14(15)21/h3-4,8,23,27H,1-2,5-7,19H2,(H,22,25). The Kier molecular flexibility index (Phi) is 5.06. The largest absolute Gasteiger partial charge is 0.403 e. The Morgan fingerprint density at radius 2 is 2.14 bits per heavy atom. The highest BCUT2D eigenvalue weighted by Gasteiger charge is 2.29. The quantitative estimate of drug-likeness (QED) is 0.518. The maximum absolute atomic E-state index is 15.1. The van der Waals surface area contributed by atoms with E-state index < -0.39 is 17.2 Å². The molecule has 0 atom stereocenters. The summed E-state index contributed by atoms with van der Waals surface area (Å²) in [7, 11) is 1.74. The first-order chi connectivity index (χ1) is 14.0. The van der Waals surface area contributed by atoms with E-state index in [-0.39, 0.29) is 42.0 Å². The molecular formula is C18H18BF2N5O3. The smallest absolute Gasteiger partial charge is 0.315 e. The molecule has 3 N–H and O–H groups in total. The van der Waals surface area contributed by atoms with Gasteiger partial charge in [-0.2, -0.15) is 4.39 Å². The number of aliphatic hydroxyl groups is 1. The van der Waals surface area contributed by atoms with Gasteiger partial charge in [0.25, 0.3) is 11.4 Å². The monoisotopic (exact) mass is 401 g/mol. The van der Waals surface area contributed by atoms with E-state index in [1.807, 2.05) is 0 Å². The third-order valence-corrected chi connectivity index (χ3v) is 4.72. The van der Waals surface area contributed by atoms with Crippen molar-refractivity contribution < 1.29 is 18.3 Å². The number of hydrogen-bond acceptors (Lipinski definition) is 7. The van der Waals surface area contributed by atoms with Crippen molar-refractivity contribution in [2.24, 2.45) is 0 Å². The number of benzene rings is 1. The fourth-order valence-corrected chi connectivity index (χ4v) is 3.40. The molecule has 3 aromatic rings. The van der Waals surface area contributed by atoms with Crippen molar-refractivity contribution >= 4 is 30.7 Å². The third kappa shape index (κ3) is 3.49. The van der Waals surface area contributed by atoms with Crippen LogP contribution in [0.2, 0.25) is 0 Å². The summed E-state index contributed by atoms with van der Waals surface area (Å²) >= 11 is 0. The molecule has 2 aromatic heterocycles. The van der Waals surface area contributed by atoms with Crippen LogP contribution in [0.5, 0.6) is 0 Å². The lowest BCUT2D eigenvalue weighted by atomic mass is 9.96. The van der Waals surface area contributed by atoms with Gasteiger partial charge in [0.05, 0.1) is 23.5 Å². The second kappa shape index (κ2) is 7.67. The van der Waals surface area contributed by atoms with Crippen LogP contribution in [-0.2, 0) is 13.0 Å². The predicted molar refractivity (Wildman–Crippen MR) is 106 cm³/mol. The second-order valence-electron chi connectivity index (χ2n) is 6.74. The van der Waals surface area contributed by atoms with Crippen molar-refractivity contribution in [1.82, 2.24) is 14.8 Å². The Bertz CT molecular complexity index is 1130. The average Bonchev–Trinajstić information content (AvgIpc) is 3.36. The van der Waals surface area contributed by atoms with Gasteiger partial charge in [-0.05, 0) is 25.0 Å². The number of pyridine rings is 1. The van der Waals surface area contributed by atoms with Crippen LogP contribution in [0.25, 0.3) is 11.5 Å². The number of anilines is 3. The van der Waals surface area contributed by atoms with Crippen molar-refractivity contribution in [1.29, 1.82) is 0 Å². The fraction of sp³-hybridized carbons (Fsp3) is 0.278. The zero-order valence-corrected chi connectivity index (χ0v) is 15.6. The van der Waals surface area contributed by atoms with Crippen molar-refractivity contribution in [2.75, 3.05) is 23.8 Å². The van der Waals surface area contributed by atoms with Crippen molar-refractivity contribution in [3.05, 3.63) is 45.9 Å². The van der Waals surface area contributed by atoms with E-state index in [1.165, 1.54) is 16.7 Å². The summed E-state index contributed by atoms with van der Waals surface area (Å²) in [4.78, 5) is 12.5. The number of nitrogens with one attached hydrogen (secondary N) is 2. The summed E-state index contributed by atoms with van der Waals surface area (Å²) in [6, 6.07) is 4.50. The van der Waals surface area contributed by atoms with E-state index in [2.05, 4.69) is 20.8 Å². The number of aromatic nitrogens is 3. The Labute approximate surface area is 165 Å². The number of fused-ring (bicyclic) bond motifs is 1. The Morgan fingerprint density at radius 3 is 2.90 bits per heavy atom. The van der Waals surface area contributed by atoms with E-state index in [4.69, 9.17) is 9.52 Å². The molecule has 0 bridgehead atoms. The molecule has 0 spiro atoms. The minimum atomic E-state index is -1.05. The summed E-state index contributed by atoms with van der Waals surface area (Å²) in [6.45, 7) is 0.436.